The SMILES string of the molecule is CC(C)(C)c1ccc(C(=O)COC(=O)CCc2nc3ccccc3c(=O)[nH]2)cc1. The number of hydrogen-bond donors (Lipinski definition) is 1. The van der Waals surface area contributed by atoms with E-state index in [-0.39, 0.29) is 36.2 Å². The molecule has 0 saturated carbocycles. The number of benzene rings is 2. The lowest BCUT2D eigenvalue weighted by Crippen LogP contribution is -2.17. The Kier molecular flexibility index (Phi) is 5.92. The molecule has 0 amide bonds. The second-order valence-electron chi connectivity index (χ2n) is 7.94. The van der Waals surface area contributed by atoms with Crippen LogP contribution >= 0.6 is 0 Å². The average molecular weight is 392 g/mol. The molecule has 0 aliphatic heterocycles. The first-order chi connectivity index (χ1) is 13.7. The number of Topliss-reactive ketones (excluding diaryl/α,β-unsaturated/α-hetero) is 1. The predicted molar refractivity (Wildman–Crippen MR) is 111 cm³/mol. The summed E-state index contributed by atoms with van der Waals surface area (Å²) in [4.78, 5) is 43.3. The summed E-state index contributed by atoms with van der Waals surface area (Å²) in [5.41, 5.74) is 1.97. The molecule has 29 heavy (non-hydrogen) atoms. The van der Waals surface area contributed by atoms with Crippen LogP contribution in [0.3, 0.4) is 0 Å². The van der Waals surface area contributed by atoms with Crippen LogP contribution in [0.2, 0.25) is 0 Å². The minimum Gasteiger partial charge on any atom is -0.457 e. The number of para-hydroxylation sites is 1. The third kappa shape index (κ3) is 5.16. The number of nitrogens with one attached hydrogen (secondary N) is 1. The maximum absolute atomic E-state index is 12.2. The van der Waals surface area contributed by atoms with Gasteiger partial charge >= 0.3 is 5.97 Å². The largest absolute Gasteiger partial charge is 0.457 e. The average Bonchev–Trinajstić information content (AvgIpc) is 2.70. The number of ketones is 1. The molecule has 0 fully saturated rings. The van der Waals surface area contributed by atoms with Crippen LogP contribution in [0.4, 0.5) is 0 Å². The van der Waals surface area contributed by atoms with Crippen LogP contribution in [0.15, 0.2) is 53.3 Å². The maximum Gasteiger partial charge on any atom is 0.306 e. The molecule has 6 heteroatoms. The number of carbonyl (C=O) groups excluding carboxylic acids is 2. The second kappa shape index (κ2) is 8.39. The summed E-state index contributed by atoms with van der Waals surface area (Å²) in [6, 6.07) is 14.3. The number of carbonyl (C=O) groups is 2. The van der Waals surface area contributed by atoms with Gasteiger partial charge < -0.3 is 9.72 Å². The van der Waals surface area contributed by atoms with Crippen LogP contribution in [0.25, 0.3) is 10.9 Å². The molecular weight excluding hydrogens is 368 g/mol. The number of H-pyrrole nitrogens is 1. The molecule has 0 atom stereocenters. The minimum atomic E-state index is -0.513. The highest BCUT2D eigenvalue weighted by molar-refractivity contribution is 5.98. The Labute approximate surface area is 168 Å². The topological polar surface area (TPSA) is 89.1 Å². The fourth-order valence-electron chi connectivity index (χ4n) is 2.93. The lowest BCUT2D eigenvalue weighted by atomic mass is 9.86. The van der Waals surface area contributed by atoms with Gasteiger partial charge in [-0.3, -0.25) is 14.4 Å². The first kappa shape index (κ1) is 20.5. The van der Waals surface area contributed by atoms with Crippen molar-refractivity contribution in [3.8, 4) is 0 Å². The van der Waals surface area contributed by atoms with Crippen molar-refractivity contribution in [3.63, 3.8) is 0 Å². The molecule has 1 aromatic heterocycles. The van der Waals surface area contributed by atoms with Crippen molar-refractivity contribution in [2.45, 2.75) is 39.0 Å². The molecule has 0 aliphatic carbocycles. The Morgan fingerprint density at radius 1 is 1.03 bits per heavy atom. The first-order valence-electron chi connectivity index (χ1n) is 9.51. The van der Waals surface area contributed by atoms with Crippen molar-refractivity contribution in [2.75, 3.05) is 6.61 Å². The van der Waals surface area contributed by atoms with Gasteiger partial charge in [0.1, 0.15) is 5.82 Å². The Bertz CT molecular complexity index is 1090. The van der Waals surface area contributed by atoms with Gasteiger partial charge in [-0.1, -0.05) is 57.2 Å². The van der Waals surface area contributed by atoms with Gasteiger partial charge in [0.15, 0.2) is 12.4 Å². The third-order valence-corrected chi connectivity index (χ3v) is 4.66. The summed E-state index contributed by atoms with van der Waals surface area (Å²) in [6.45, 7) is 5.99. The van der Waals surface area contributed by atoms with E-state index in [1.807, 2.05) is 12.1 Å². The fourth-order valence-corrected chi connectivity index (χ4v) is 2.93. The number of nitrogens with zero attached hydrogens (tertiary/aromatic N) is 1. The molecule has 0 saturated heterocycles. The van der Waals surface area contributed by atoms with E-state index in [4.69, 9.17) is 4.74 Å². The van der Waals surface area contributed by atoms with Crippen LogP contribution in [0, 0.1) is 0 Å². The molecule has 1 heterocycles. The Hall–Kier alpha value is -3.28. The van der Waals surface area contributed by atoms with E-state index in [0.29, 0.717) is 22.3 Å². The molecule has 2 aromatic carbocycles. The Morgan fingerprint density at radius 3 is 2.41 bits per heavy atom. The number of esters is 1. The summed E-state index contributed by atoms with van der Waals surface area (Å²) < 4.78 is 5.09. The number of aromatic amines is 1. The van der Waals surface area contributed by atoms with Gasteiger partial charge in [0.25, 0.3) is 5.56 Å². The fraction of sp³-hybridized carbons (Fsp3) is 0.304. The highest BCUT2D eigenvalue weighted by Crippen LogP contribution is 2.22. The second-order valence-corrected chi connectivity index (χ2v) is 7.94. The van der Waals surface area contributed by atoms with Crippen molar-refractivity contribution < 1.29 is 14.3 Å². The van der Waals surface area contributed by atoms with Gasteiger partial charge in [-0.2, -0.15) is 0 Å². The molecule has 1 N–H and O–H groups in total. The molecule has 0 unspecified atom stereocenters. The number of fused-ring (bicyclic) bond motifs is 1. The lowest BCUT2D eigenvalue weighted by molar-refractivity contribution is -0.142. The van der Waals surface area contributed by atoms with Crippen LogP contribution in [0.1, 0.15) is 48.9 Å². The zero-order valence-corrected chi connectivity index (χ0v) is 16.8. The molecule has 0 bridgehead atoms. The van der Waals surface area contributed by atoms with E-state index in [0.717, 1.165) is 5.56 Å². The van der Waals surface area contributed by atoms with E-state index in [9.17, 15) is 14.4 Å². The quantitative estimate of drug-likeness (QED) is 0.512. The van der Waals surface area contributed by atoms with Crippen molar-refractivity contribution >= 4 is 22.7 Å². The summed E-state index contributed by atoms with van der Waals surface area (Å²) in [6.07, 6.45) is 0.255. The lowest BCUT2D eigenvalue weighted by Gasteiger charge is -2.18. The zero-order chi connectivity index (χ0) is 21.0. The molecule has 150 valence electrons. The molecule has 0 aliphatic rings. The monoisotopic (exact) mass is 392 g/mol. The van der Waals surface area contributed by atoms with E-state index < -0.39 is 5.97 Å². The smallest absolute Gasteiger partial charge is 0.306 e. The third-order valence-electron chi connectivity index (χ3n) is 4.66. The zero-order valence-electron chi connectivity index (χ0n) is 16.8. The van der Waals surface area contributed by atoms with Crippen molar-refractivity contribution in [3.05, 3.63) is 75.8 Å². The number of hydrogen-bond acceptors (Lipinski definition) is 5. The van der Waals surface area contributed by atoms with Crippen LogP contribution in [-0.2, 0) is 21.4 Å². The normalized spacial score (nSPS) is 11.4. The molecular formula is C23H24N2O4. The van der Waals surface area contributed by atoms with Crippen LogP contribution < -0.4 is 5.56 Å². The molecule has 3 rings (SSSR count). The summed E-state index contributed by atoms with van der Waals surface area (Å²) >= 11 is 0. The van der Waals surface area contributed by atoms with Gasteiger partial charge in [0, 0.05) is 12.0 Å². The number of aryl methyl sites for hydroxylation is 1. The maximum atomic E-state index is 12.2. The van der Waals surface area contributed by atoms with Gasteiger partial charge in [-0.05, 0) is 23.1 Å². The molecule has 6 nitrogen and oxygen atoms in total. The highest BCUT2D eigenvalue weighted by atomic mass is 16.5. The summed E-state index contributed by atoms with van der Waals surface area (Å²) in [5, 5.41) is 0.502. The van der Waals surface area contributed by atoms with E-state index >= 15 is 0 Å². The standard InChI is InChI=1S/C23H24N2O4/c1-23(2,3)16-10-8-15(9-11-16)19(26)14-29-21(27)13-12-20-24-18-7-5-4-6-17(18)22(28)25-20/h4-11H,12-14H2,1-3H3,(H,24,25,28). The van der Waals surface area contributed by atoms with Crippen molar-refractivity contribution in [2.24, 2.45) is 0 Å². The number of aromatic nitrogens is 2. The molecule has 0 radical (unpaired) electrons. The number of ether oxygens (including phenoxy) is 1. The van der Waals surface area contributed by atoms with Gasteiger partial charge in [-0.25, -0.2) is 4.98 Å². The highest BCUT2D eigenvalue weighted by Gasteiger charge is 2.15. The summed E-state index contributed by atoms with van der Waals surface area (Å²) in [5.74, 6) is -0.355. The van der Waals surface area contributed by atoms with E-state index in [1.54, 1.807) is 36.4 Å². The van der Waals surface area contributed by atoms with E-state index in [2.05, 4.69) is 30.7 Å². The van der Waals surface area contributed by atoms with Gasteiger partial charge in [-0.15, -0.1) is 0 Å². The van der Waals surface area contributed by atoms with Crippen LogP contribution in [-0.4, -0.2) is 28.3 Å². The van der Waals surface area contributed by atoms with Gasteiger partial charge in [0.05, 0.1) is 17.3 Å². The Morgan fingerprint density at radius 2 is 1.72 bits per heavy atom. The minimum absolute atomic E-state index is 0.00577. The Balaban J connectivity index is 1.53. The predicted octanol–water partition coefficient (Wildman–Crippen LogP) is 3.58. The van der Waals surface area contributed by atoms with Gasteiger partial charge in [0.2, 0.25) is 0 Å². The number of rotatable bonds is 6. The van der Waals surface area contributed by atoms with E-state index in [1.165, 1.54) is 0 Å². The summed E-state index contributed by atoms with van der Waals surface area (Å²) in [7, 11) is 0. The van der Waals surface area contributed by atoms with Crippen molar-refractivity contribution in [1.29, 1.82) is 0 Å². The van der Waals surface area contributed by atoms with Crippen molar-refractivity contribution in [1.82, 2.24) is 9.97 Å². The first-order valence-corrected chi connectivity index (χ1v) is 9.51. The van der Waals surface area contributed by atoms with Crippen LogP contribution in [0.5, 0.6) is 0 Å². The molecule has 0 spiro atoms. The molecule has 3 aromatic rings.